The Morgan fingerprint density at radius 3 is 2.42 bits per heavy atom. The number of nitrogens with one attached hydrogen (secondary N) is 1. The first-order chi connectivity index (χ1) is 12.0. The van der Waals surface area contributed by atoms with Gasteiger partial charge in [0.2, 0.25) is 0 Å². The van der Waals surface area contributed by atoms with E-state index in [1.807, 2.05) is 0 Å². The van der Waals surface area contributed by atoms with E-state index in [9.17, 15) is 31.2 Å². The van der Waals surface area contributed by atoms with Crippen molar-refractivity contribution < 1.29 is 35.9 Å². The molecule has 2 aromatic rings. The molecule has 1 amide bonds. The maximum Gasteiger partial charge on any atom is 0.573 e. The Bertz CT molecular complexity index is 995. The number of halogens is 3. The highest BCUT2D eigenvalue weighted by molar-refractivity contribution is 7.90. The van der Waals surface area contributed by atoms with Gasteiger partial charge in [0.15, 0.2) is 0 Å². The zero-order valence-electron chi connectivity index (χ0n) is 13.1. The van der Waals surface area contributed by atoms with Gasteiger partial charge in [0.1, 0.15) is 10.6 Å². The minimum atomic E-state index is -5.15. The smallest absolute Gasteiger partial charge is 0.467 e. The summed E-state index contributed by atoms with van der Waals surface area (Å²) in [6.45, 7) is 0. The van der Waals surface area contributed by atoms with Crippen LogP contribution in [0, 0.1) is 0 Å². The molecule has 2 rings (SSSR count). The summed E-state index contributed by atoms with van der Waals surface area (Å²) in [5, 5.41) is 3.44. The molecule has 0 fully saturated rings. The van der Waals surface area contributed by atoms with E-state index >= 15 is 0 Å². The molecule has 26 heavy (non-hydrogen) atoms. The summed E-state index contributed by atoms with van der Waals surface area (Å²) < 4.78 is 72.4. The quantitative estimate of drug-likeness (QED) is 0.796. The molecule has 1 N–H and O–H groups in total. The molecule has 0 radical (unpaired) electrons. The number of methoxy groups -OCH3 is 1. The summed E-state index contributed by atoms with van der Waals surface area (Å²) in [4.78, 5) is 22.9. The molecule has 142 valence electrons. The van der Waals surface area contributed by atoms with E-state index in [4.69, 9.17) is 4.74 Å². The van der Waals surface area contributed by atoms with Crippen molar-refractivity contribution in [2.75, 3.05) is 7.11 Å². The highest BCUT2D eigenvalue weighted by atomic mass is 32.2. The first-order valence-electron chi connectivity index (χ1n) is 6.58. The normalized spacial score (nSPS) is 11.9. The molecule has 1 aromatic carbocycles. The SMILES string of the molecule is COc1nn(C(=O)NS(=O)(=O)c2ccccc2OC(F)(F)F)c(=O)n1C. The number of carbonyl (C=O) groups is 1. The van der Waals surface area contributed by atoms with E-state index in [0.29, 0.717) is 0 Å². The Labute approximate surface area is 143 Å². The van der Waals surface area contributed by atoms with Gasteiger partial charge in [-0.25, -0.2) is 27.3 Å². The van der Waals surface area contributed by atoms with Crippen LogP contribution in [0.5, 0.6) is 11.8 Å². The number of hydrogen-bond acceptors (Lipinski definition) is 7. The molecule has 0 atom stereocenters. The van der Waals surface area contributed by atoms with Crippen molar-refractivity contribution in [3.8, 4) is 11.8 Å². The zero-order chi connectivity index (χ0) is 19.7. The van der Waals surface area contributed by atoms with Crippen LogP contribution in [0.25, 0.3) is 0 Å². The molecule has 1 aromatic heterocycles. The lowest BCUT2D eigenvalue weighted by Gasteiger charge is -2.13. The molecule has 0 bridgehead atoms. The number of sulfonamides is 1. The summed E-state index contributed by atoms with van der Waals surface area (Å²) in [5.74, 6) is -1.05. The molecule has 14 heteroatoms. The number of alkyl halides is 3. The van der Waals surface area contributed by atoms with Crippen molar-refractivity contribution in [3.05, 3.63) is 34.7 Å². The van der Waals surface area contributed by atoms with Crippen LogP contribution < -0.4 is 19.9 Å². The lowest BCUT2D eigenvalue weighted by atomic mass is 10.3. The molecular weight excluding hydrogens is 385 g/mol. The number of ether oxygens (including phenoxy) is 2. The van der Waals surface area contributed by atoms with Crippen molar-refractivity contribution in [2.45, 2.75) is 11.3 Å². The Kier molecular flexibility index (Phi) is 4.97. The molecule has 10 nitrogen and oxygen atoms in total. The summed E-state index contributed by atoms with van der Waals surface area (Å²) in [5.41, 5.74) is -1.03. The molecule has 0 unspecified atom stereocenters. The van der Waals surface area contributed by atoms with Crippen LogP contribution in [0.2, 0.25) is 0 Å². The number of carbonyl (C=O) groups excluding carboxylic acids is 1. The van der Waals surface area contributed by atoms with Crippen LogP contribution >= 0.6 is 0 Å². The van der Waals surface area contributed by atoms with Gasteiger partial charge in [0.25, 0.3) is 10.0 Å². The summed E-state index contributed by atoms with van der Waals surface area (Å²) in [6.07, 6.45) is -5.15. The van der Waals surface area contributed by atoms with E-state index in [2.05, 4.69) is 9.84 Å². The third kappa shape index (κ3) is 3.96. The second-order valence-electron chi connectivity index (χ2n) is 4.65. The highest BCUT2D eigenvalue weighted by Crippen LogP contribution is 2.29. The highest BCUT2D eigenvalue weighted by Gasteiger charge is 2.34. The zero-order valence-corrected chi connectivity index (χ0v) is 14.0. The van der Waals surface area contributed by atoms with Gasteiger partial charge in [0, 0.05) is 7.05 Å². The fourth-order valence-electron chi connectivity index (χ4n) is 1.82. The van der Waals surface area contributed by atoms with Crippen LogP contribution in [0.15, 0.2) is 34.0 Å². The third-order valence-electron chi connectivity index (χ3n) is 2.90. The standard InChI is InChI=1S/C12H11F3N4O6S/c1-18-10(24-2)16-19(11(18)21)9(20)17-26(22,23)8-6-4-3-5-7(8)25-12(13,14)15/h3-6H,1-2H3,(H,17,20). The molecule has 0 aliphatic heterocycles. The molecule has 0 spiro atoms. The second-order valence-corrected chi connectivity index (χ2v) is 6.30. The summed E-state index contributed by atoms with van der Waals surface area (Å²) in [7, 11) is -2.45. The second kappa shape index (κ2) is 6.70. The van der Waals surface area contributed by atoms with Gasteiger partial charge >= 0.3 is 24.1 Å². The molecular formula is C12H11F3N4O6S. The minimum absolute atomic E-state index is 0.142. The maximum absolute atomic E-state index is 12.4. The summed E-state index contributed by atoms with van der Waals surface area (Å²) in [6, 6.07) is 1.97. The molecule has 1 heterocycles. The molecule has 0 saturated heterocycles. The monoisotopic (exact) mass is 396 g/mol. The Balaban J connectivity index is 2.38. The molecule has 0 aliphatic rings. The predicted molar refractivity (Wildman–Crippen MR) is 78.3 cm³/mol. The van der Waals surface area contributed by atoms with Gasteiger partial charge in [0.05, 0.1) is 7.11 Å². The third-order valence-corrected chi connectivity index (χ3v) is 4.26. The average Bonchev–Trinajstić information content (AvgIpc) is 2.81. The van der Waals surface area contributed by atoms with Crippen molar-refractivity contribution in [3.63, 3.8) is 0 Å². The summed E-state index contributed by atoms with van der Waals surface area (Å²) >= 11 is 0. The van der Waals surface area contributed by atoms with E-state index in [0.717, 1.165) is 35.9 Å². The topological polar surface area (TPSA) is 122 Å². The lowest BCUT2D eigenvalue weighted by Crippen LogP contribution is -2.40. The molecule has 0 saturated carbocycles. The van der Waals surface area contributed by atoms with Gasteiger partial charge in [-0.1, -0.05) is 12.1 Å². The van der Waals surface area contributed by atoms with Gasteiger partial charge in [-0.05, 0) is 12.1 Å². The first kappa shape index (κ1) is 19.3. The van der Waals surface area contributed by atoms with Crippen molar-refractivity contribution in [1.29, 1.82) is 0 Å². The van der Waals surface area contributed by atoms with Crippen LogP contribution in [-0.2, 0) is 17.1 Å². The Morgan fingerprint density at radius 1 is 1.27 bits per heavy atom. The van der Waals surface area contributed by atoms with Crippen molar-refractivity contribution >= 4 is 16.1 Å². The average molecular weight is 396 g/mol. The Morgan fingerprint density at radius 2 is 1.88 bits per heavy atom. The largest absolute Gasteiger partial charge is 0.573 e. The number of nitrogens with zero attached hydrogens (tertiary/aromatic N) is 3. The molecule has 0 aliphatic carbocycles. The van der Waals surface area contributed by atoms with E-state index in [-0.39, 0.29) is 10.7 Å². The maximum atomic E-state index is 12.4. The number of benzene rings is 1. The minimum Gasteiger partial charge on any atom is -0.467 e. The Hall–Kier alpha value is -3.03. The predicted octanol–water partition coefficient (Wildman–Crippen LogP) is 0.436. The van der Waals surface area contributed by atoms with Crippen molar-refractivity contribution in [2.24, 2.45) is 7.05 Å². The van der Waals surface area contributed by atoms with Gasteiger partial charge in [-0.15, -0.1) is 23.0 Å². The van der Waals surface area contributed by atoms with Crippen LogP contribution in [0.4, 0.5) is 18.0 Å². The van der Waals surface area contributed by atoms with Gasteiger partial charge in [-0.3, -0.25) is 0 Å². The first-order valence-corrected chi connectivity index (χ1v) is 8.06. The van der Waals surface area contributed by atoms with Crippen LogP contribution in [0.1, 0.15) is 0 Å². The number of hydrogen-bond donors (Lipinski definition) is 1. The number of aromatic nitrogens is 3. The van der Waals surface area contributed by atoms with Crippen LogP contribution in [0.3, 0.4) is 0 Å². The van der Waals surface area contributed by atoms with Crippen LogP contribution in [-0.4, -0.2) is 42.3 Å². The van der Waals surface area contributed by atoms with E-state index in [1.54, 1.807) is 0 Å². The van der Waals surface area contributed by atoms with Gasteiger partial charge < -0.3 is 9.47 Å². The van der Waals surface area contributed by atoms with E-state index < -0.39 is 38.8 Å². The van der Waals surface area contributed by atoms with E-state index in [1.165, 1.54) is 11.8 Å². The van der Waals surface area contributed by atoms with Crippen molar-refractivity contribution in [1.82, 2.24) is 19.1 Å². The lowest BCUT2D eigenvalue weighted by molar-refractivity contribution is -0.275. The number of rotatable bonds is 4. The van der Waals surface area contributed by atoms with Gasteiger partial charge in [-0.2, -0.15) is 0 Å². The fourth-order valence-corrected chi connectivity index (χ4v) is 2.88. The number of para-hydroxylation sites is 1. The number of amides is 1. The fraction of sp³-hybridized carbons (Fsp3) is 0.250.